The number of rotatable bonds is 6. The number of ether oxygens (including phenoxy) is 1. The van der Waals surface area contributed by atoms with E-state index in [2.05, 4.69) is 19.1 Å². The van der Waals surface area contributed by atoms with E-state index >= 15 is 0 Å². The minimum atomic E-state index is -0.0637. The Labute approximate surface area is 103 Å². The first-order valence-electron chi connectivity index (χ1n) is 6.29. The van der Waals surface area contributed by atoms with Gasteiger partial charge in [0.2, 0.25) is 0 Å². The van der Waals surface area contributed by atoms with E-state index in [0.29, 0.717) is 12.5 Å². The molecule has 1 fully saturated rings. The van der Waals surface area contributed by atoms with Gasteiger partial charge in [-0.15, -0.1) is 0 Å². The molecule has 0 heterocycles. The predicted octanol–water partition coefficient (Wildman–Crippen LogP) is 1.90. The van der Waals surface area contributed by atoms with E-state index in [1.54, 1.807) is 0 Å². The van der Waals surface area contributed by atoms with E-state index in [9.17, 15) is 5.11 Å². The molecule has 0 bridgehead atoms. The van der Waals surface area contributed by atoms with E-state index in [-0.39, 0.29) is 12.0 Å². The number of aliphatic hydroxyl groups is 1. The van der Waals surface area contributed by atoms with Gasteiger partial charge in [-0.3, -0.25) is 0 Å². The molecule has 17 heavy (non-hydrogen) atoms. The zero-order valence-corrected chi connectivity index (χ0v) is 10.4. The van der Waals surface area contributed by atoms with Crippen LogP contribution in [0.15, 0.2) is 24.3 Å². The van der Waals surface area contributed by atoms with Crippen molar-refractivity contribution < 1.29 is 9.84 Å². The lowest BCUT2D eigenvalue weighted by Gasteiger charge is -2.11. The lowest BCUT2D eigenvalue weighted by Crippen LogP contribution is -2.21. The van der Waals surface area contributed by atoms with Gasteiger partial charge in [0.15, 0.2) is 0 Å². The third kappa shape index (κ3) is 2.45. The van der Waals surface area contributed by atoms with E-state index in [0.717, 1.165) is 25.2 Å². The van der Waals surface area contributed by atoms with Crippen molar-refractivity contribution in [2.24, 2.45) is 11.1 Å². The van der Waals surface area contributed by atoms with Gasteiger partial charge in [0.1, 0.15) is 5.75 Å². The molecule has 0 amide bonds. The lowest BCUT2D eigenvalue weighted by molar-refractivity contribution is 0.211. The summed E-state index contributed by atoms with van der Waals surface area (Å²) in [6.07, 6.45) is 2.01. The topological polar surface area (TPSA) is 55.5 Å². The highest BCUT2D eigenvalue weighted by molar-refractivity contribution is 5.35. The van der Waals surface area contributed by atoms with E-state index in [4.69, 9.17) is 10.5 Å². The van der Waals surface area contributed by atoms with Crippen LogP contribution >= 0.6 is 0 Å². The van der Waals surface area contributed by atoms with E-state index in [1.807, 2.05) is 12.1 Å². The molecule has 0 saturated heterocycles. The predicted molar refractivity (Wildman–Crippen MR) is 68.2 cm³/mol. The first kappa shape index (κ1) is 12.4. The molecule has 1 aliphatic carbocycles. The van der Waals surface area contributed by atoms with Gasteiger partial charge in [0.05, 0.1) is 13.2 Å². The molecule has 2 unspecified atom stereocenters. The fraction of sp³-hybridized carbons (Fsp3) is 0.571. The zero-order chi connectivity index (χ0) is 12.3. The molecule has 94 valence electrons. The molecule has 3 N–H and O–H groups in total. The van der Waals surface area contributed by atoms with Gasteiger partial charge in [-0.05, 0) is 36.5 Å². The van der Waals surface area contributed by atoms with Crippen molar-refractivity contribution in [1.82, 2.24) is 0 Å². The van der Waals surface area contributed by atoms with Crippen molar-refractivity contribution in [3.8, 4) is 5.75 Å². The van der Waals surface area contributed by atoms with E-state index < -0.39 is 0 Å². The van der Waals surface area contributed by atoms with Gasteiger partial charge in [-0.2, -0.15) is 0 Å². The fourth-order valence-electron chi connectivity index (χ4n) is 2.30. The summed E-state index contributed by atoms with van der Waals surface area (Å²) in [5.41, 5.74) is 6.91. The Bertz CT molecular complexity index is 357. The molecule has 0 spiro atoms. The maximum atomic E-state index is 9.35. The molecule has 0 aromatic heterocycles. The summed E-state index contributed by atoms with van der Waals surface area (Å²) < 4.78 is 5.54. The molecule has 2 atom stereocenters. The molecule has 3 nitrogen and oxygen atoms in total. The second-order valence-electron chi connectivity index (χ2n) is 4.90. The Balaban J connectivity index is 2.00. The van der Waals surface area contributed by atoms with Crippen LogP contribution in [-0.2, 0) is 0 Å². The molecule has 3 heteroatoms. The number of hydrogen-bond acceptors (Lipinski definition) is 3. The van der Waals surface area contributed by atoms with Crippen LogP contribution in [0.25, 0.3) is 0 Å². The molecule has 1 aromatic carbocycles. The summed E-state index contributed by atoms with van der Waals surface area (Å²) in [6, 6.07) is 8.18. The van der Waals surface area contributed by atoms with Crippen molar-refractivity contribution in [2.75, 3.05) is 19.8 Å². The van der Waals surface area contributed by atoms with Gasteiger partial charge in [-0.1, -0.05) is 19.1 Å². The van der Waals surface area contributed by atoms with E-state index in [1.165, 1.54) is 5.56 Å². The van der Waals surface area contributed by atoms with Crippen LogP contribution < -0.4 is 10.5 Å². The third-order valence-electron chi connectivity index (χ3n) is 3.67. The van der Waals surface area contributed by atoms with Crippen LogP contribution in [0.3, 0.4) is 0 Å². The highest BCUT2D eigenvalue weighted by Gasteiger charge is 2.53. The maximum Gasteiger partial charge on any atom is 0.119 e. The van der Waals surface area contributed by atoms with Gasteiger partial charge in [0.25, 0.3) is 0 Å². The van der Waals surface area contributed by atoms with Crippen molar-refractivity contribution in [3.05, 3.63) is 29.8 Å². The molecule has 0 radical (unpaired) electrons. The largest absolute Gasteiger partial charge is 0.494 e. The first-order valence-corrected chi connectivity index (χ1v) is 6.29. The molecule has 2 rings (SSSR count). The minimum absolute atomic E-state index is 0.0637. The van der Waals surface area contributed by atoms with Gasteiger partial charge >= 0.3 is 0 Å². The quantitative estimate of drug-likeness (QED) is 0.791. The van der Waals surface area contributed by atoms with Crippen LogP contribution in [0.5, 0.6) is 5.75 Å². The van der Waals surface area contributed by atoms with Crippen LogP contribution in [0.4, 0.5) is 0 Å². The Morgan fingerprint density at radius 2 is 2.12 bits per heavy atom. The molecule has 0 aliphatic heterocycles. The van der Waals surface area contributed by atoms with Crippen LogP contribution in [0.1, 0.15) is 31.2 Å². The Morgan fingerprint density at radius 1 is 1.41 bits per heavy atom. The Kier molecular flexibility index (Phi) is 3.69. The van der Waals surface area contributed by atoms with Crippen LogP contribution in [-0.4, -0.2) is 24.9 Å². The molecule has 1 aromatic rings. The lowest BCUT2D eigenvalue weighted by atomic mass is 10.00. The summed E-state index contributed by atoms with van der Waals surface area (Å²) in [5, 5.41) is 9.35. The summed E-state index contributed by atoms with van der Waals surface area (Å²) in [5.74, 6) is 1.33. The van der Waals surface area contributed by atoms with Crippen molar-refractivity contribution in [2.45, 2.75) is 25.7 Å². The highest BCUT2D eigenvalue weighted by Crippen LogP contribution is 2.58. The summed E-state index contributed by atoms with van der Waals surface area (Å²) in [7, 11) is 0. The van der Waals surface area contributed by atoms with Crippen LogP contribution in [0, 0.1) is 5.41 Å². The van der Waals surface area contributed by atoms with Crippen molar-refractivity contribution in [1.29, 1.82) is 0 Å². The average molecular weight is 235 g/mol. The second-order valence-corrected chi connectivity index (χ2v) is 4.90. The standard InChI is InChI=1S/C14H21NO2/c1-2-7-17-12-5-3-11(4-6-12)13-8-14(13,9-15)10-16/h3-6,13,16H,2,7-10,15H2,1H3. The smallest absolute Gasteiger partial charge is 0.119 e. The Hall–Kier alpha value is -1.06. The van der Waals surface area contributed by atoms with Gasteiger partial charge in [-0.25, -0.2) is 0 Å². The van der Waals surface area contributed by atoms with Gasteiger partial charge < -0.3 is 15.6 Å². The third-order valence-corrected chi connectivity index (χ3v) is 3.67. The average Bonchev–Trinajstić information content (AvgIpc) is 3.12. The summed E-state index contributed by atoms with van der Waals surface area (Å²) in [6.45, 7) is 3.59. The zero-order valence-electron chi connectivity index (χ0n) is 10.4. The molecular weight excluding hydrogens is 214 g/mol. The van der Waals surface area contributed by atoms with Gasteiger partial charge in [0, 0.05) is 12.0 Å². The summed E-state index contributed by atoms with van der Waals surface area (Å²) in [4.78, 5) is 0. The SMILES string of the molecule is CCCOc1ccc(C2CC2(CN)CO)cc1. The normalized spacial score (nSPS) is 26.9. The van der Waals surface area contributed by atoms with Crippen LogP contribution in [0.2, 0.25) is 0 Å². The Morgan fingerprint density at radius 3 is 2.59 bits per heavy atom. The second kappa shape index (κ2) is 5.07. The maximum absolute atomic E-state index is 9.35. The number of hydrogen-bond donors (Lipinski definition) is 2. The fourth-order valence-corrected chi connectivity index (χ4v) is 2.30. The minimum Gasteiger partial charge on any atom is -0.494 e. The number of benzene rings is 1. The first-order chi connectivity index (χ1) is 8.25. The van der Waals surface area contributed by atoms with Crippen molar-refractivity contribution in [3.63, 3.8) is 0 Å². The summed E-state index contributed by atoms with van der Waals surface area (Å²) >= 11 is 0. The number of aliphatic hydroxyl groups excluding tert-OH is 1. The highest BCUT2D eigenvalue weighted by atomic mass is 16.5. The molecular formula is C14H21NO2. The molecule has 1 aliphatic rings. The number of nitrogens with two attached hydrogens (primary N) is 1. The molecule has 1 saturated carbocycles. The van der Waals surface area contributed by atoms with Crippen molar-refractivity contribution >= 4 is 0 Å². The monoisotopic (exact) mass is 235 g/mol.